The zero-order chi connectivity index (χ0) is 22.1. The Morgan fingerprint density at radius 3 is 2.61 bits per heavy atom. The average molecular weight is 431 g/mol. The Labute approximate surface area is 186 Å². The van der Waals surface area contributed by atoms with Crippen LogP contribution in [0.2, 0.25) is 0 Å². The second-order valence-corrected chi connectivity index (χ2v) is 8.54. The van der Waals surface area contributed by atoms with Crippen LogP contribution in [0.15, 0.2) is 23.2 Å². The number of methoxy groups -OCH3 is 2. The van der Waals surface area contributed by atoms with E-state index in [0.29, 0.717) is 5.91 Å². The van der Waals surface area contributed by atoms with E-state index in [-0.39, 0.29) is 12.0 Å². The Balaban J connectivity index is 1.38. The van der Waals surface area contributed by atoms with Gasteiger partial charge in [0.15, 0.2) is 17.5 Å². The average Bonchev–Trinajstić information content (AvgIpc) is 3.29. The molecular weight excluding hydrogens is 392 g/mol. The number of carbonyl (C=O) groups is 1. The first kappa shape index (κ1) is 23.2. The number of nitrogens with one attached hydrogen (secondary N) is 2. The first-order valence-electron chi connectivity index (χ1n) is 11.6. The standard InChI is InChI=1S/C24H38N4O3/c1-25-24(26-14-7-8-18-11-12-21(30-2)22(16-18)31-3)27-20-13-15-28(17-20)23(29)19-9-5-4-6-10-19/h11-12,16,19-20H,4-10,13-15,17H2,1-3H3,(H2,25,26,27). The van der Waals surface area contributed by atoms with Crippen molar-refractivity contribution in [3.63, 3.8) is 0 Å². The zero-order valence-corrected chi connectivity index (χ0v) is 19.3. The van der Waals surface area contributed by atoms with Crippen molar-refractivity contribution in [1.82, 2.24) is 15.5 Å². The highest BCUT2D eigenvalue weighted by Crippen LogP contribution is 2.28. The summed E-state index contributed by atoms with van der Waals surface area (Å²) in [6.07, 6.45) is 8.71. The molecule has 3 rings (SSSR count). The molecule has 1 aromatic rings. The smallest absolute Gasteiger partial charge is 0.225 e. The topological polar surface area (TPSA) is 75.2 Å². The van der Waals surface area contributed by atoms with Crippen molar-refractivity contribution in [1.29, 1.82) is 0 Å². The molecule has 1 unspecified atom stereocenters. The summed E-state index contributed by atoms with van der Waals surface area (Å²) in [5.41, 5.74) is 1.22. The molecule has 1 aromatic carbocycles. The van der Waals surface area contributed by atoms with Crippen LogP contribution in [0.4, 0.5) is 0 Å². The summed E-state index contributed by atoms with van der Waals surface area (Å²) in [4.78, 5) is 19.2. The monoisotopic (exact) mass is 430 g/mol. The van der Waals surface area contributed by atoms with Crippen LogP contribution in [0.5, 0.6) is 11.5 Å². The summed E-state index contributed by atoms with van der Waals surface area (Å²) in [5, 5.41) is 6.90. The molecule has 7 heteroatoms. The summed E-state index contributed by atoms with van der Waals surface area (Å²) in [7, 11) is 5.10. The van der Waals surface area contributed by atoms with Crippen LogP contribution in [0.1, 0.15) is 50.5 Å². The maximum absolute atomic E-state index is 12.8. The van der Waals surface area contributed by atoms with E-state index in [1.54, 1.807) is 21.3 Å². The fourth-order valence-electron chi connectivity index (χ4n) is 4.61. The normalized spacial score (nSPS) is 19.9. The number of aryl methyl sites for hydroxylation is 1. The highest BCUT2D eigenvalue weighted by Gasteiger charge is 2.31. The molecule has 0 spiro atoms. The van der Waals surface area contributed by atoms with Crippen molar-refractivity contribution < 1.29 is 14.3 Å². The summed E-state index contributed by atoms with van der Waals surface area (Å²) >= 11 is 0. The number of guanidine groups is 1. The Bertz CT molecular complexity index is 746. The lowest BCUT2D eigenvalue weighted by Gasteiger charge is -2.26. The molecule has 7 nitrogen and oxygen atoms in total. The zero-order valence-electron chi connectivity index (χ0n) is 19.3. The summed E-state index contributed by atoms with van der Waals surface area (Å²) in [6.45, 7) is 2.45. The van der Waals surface area contributed by atoms with E-state index in [9.17, 15) is 4.79 Å². The maximum Gasteiger partial charge on any atom is 0.225 e. The number of likely N-dealkylation sites (tertiary alicyclic amines) is 1. The van der Waals surface area contributed by atoms with E-state index in [1.165, 1.54) is 24.8 Å². The molecular formula is C24H38N4O3. The van der Waals surface area contributed by atoms with Gasteiger partial charge in [-0.15, -0.1) is 0 Å². The lowest BCUT2D eigenvalue weighted by atomic mass is 9.88. The first-order valence-corrected chi connectivity index (χ1v) is 11.6. The molecule has 1 aliphatic heterocycles. The third kappa shape index (κ3) is 6.52. The fourth-order valence-corrected chi connectivity index (χ4v) is 4.61. The number of aliphatic imine (C=N–C) groups is 1. The largest absolute Gasteiger partial charge is 0.493 e. The van der Waals surface area contributed by atoms with Crippen LogP contribution < -0.4 is 20.1 Å². The molecule has 2 fully saturated rings. The molecule has 1 amide bonds. The molecule has 1 saturated carbocycles. The maximum atomic E-state index is 12.8. The SMILES string of the molecule is CN=C(NCCCc1ccc(OC)c(OC)c1)NC1CCN(C(=O)C2CCCCC2)C1. The minimum atomic E-state index is 0.251. The second-order valence-electron chi connectivity index (χ2n) is 8.54. The highest BCUT2D eigenvalue weighted by molar-refractivity contribution is 5.81. The molecule has 0 radical (unpaired) electrons. The minimum Gasteiger partial charge on any atom is -0.493 e. The van der Waals surface area contributed by atoms with Crippen molar-refractivity contribution in [2.45, 2.75) is 57.4 Å². The molecule has 1 saturated heterocycles. The molecule has 2 N–H and O–H groups in total. The number of carbonyl (C=O) groups excluding carboxylic acids is 1. The van der Waals surface area contributed by atoms with Gasteiger partial charge < -0.3 is 25.0 Å². The van der Waals surface area contributed by atoms with E-state index in [2.05, 4.69) is 26.6 Å². The third-order valence-electron chi connectivity index (χ3n) is 6.40. The fraction of sp³-hybridized carbons (Fsp3) is 0.667. The van der Waals surface area contributed by atoms with Gasteiger partial charge in [-0.1, -0.05) is 25.3 Å². The summed E-state index contributed by atoms with van der Waals surface area (Å²) in [5.74, 6) is 2.94. The van der Waals surface area contributed by atoms with Crippen molar-refractivity contribution in [2.24, 2.45) is 10.9 Å². The first-order chi connectivity index (χ1) is 15.1. The van der Waals surface area contributed by atoms with Gasteiger partial charge in [0.05, 0.1) is 14.2 Å². The second kappa shape index (κ2) is 11.8. The van der Waals surface area contributed by atoms with E-state index in [1.807, 2.05) is 12.1 Å². The van der Waals surface area contributed by atoms with E-state index >= 15 is 0 Å². The molecule has 172 valence electrons. The van der Waals surface area contributed by atoms with Crippen LogP contribution >= 0.6 is 0 Å². The van der Waals surface area contributed by atoms with Crippen molar-refractivity contribution >= 4 is 11.9 Å². The third-order valence-corrected chi connectivity index (χ3v) is 6.40. The van der Waals surface area contributed by atoms with Gasteiger partial charge in [0.2, 0.25) is 5.91 Å². The van der Waals surface area contributed by atoms with Crippen LogP contribution in [0.25, 0.3) is 0 Å². The number of amides is 1. The predicted octanol–water partition coefficient (Wildman–Crippen LogP) is 2.98. The van der Waals surface area contributed by atoms with Gasteiger partial charge in [-0.25, -0.2) is 0 Å². The van der Waals surface area contributed by atoms with Gasteiger partial charge in [0, 0.05) is 38.6 Å². The van der Waals surface area contributed by atoms with Crippen molar-refractivity contribution in [3.05, 3.63) is 23.8 Å². The van der Waals surface area contributed by atoms with Crippen LogP contribution in [-0.2, 0) is 11.2 Å². The molecule has 31 heavy (non-hydrogen) atoms. The molecule has 1 aliphatic carbocycles. The molecule has 2 aliphatic rings. The van der Waals surface area contributed by atoms with Crippen LogP contribution in [0.3, 0.4) is 0 Å². The number of hydrogen-bond donors (Lipinski definition) is 2. The Morgan fingerprint density at radius 2 is 1.90 bits per heavy atom. The highest BCUT2D eigenvalue weighted by atomic mass is 16.5. The number of benzene rings is 1. The predicted molar refractivity (Wildman–Crippen MR) is 124 cm³/mol. The summed E-state index contributed by atoms with van der Waals surface area (Å²) < 4.78 is 10.7. The van der Waals surface area contributed by atoms with E-state index < -0.39 is 0 Å². The number of hydrogen-bond acceptors (Lipinski definition) is 4. The Morgan fingerprint density at radius 1 is 1.13 bits per heavy atom. The van der Waals surface area contributed by atoms with Gasteiger partial charge in [0.25, 0.3) is 0 Å². The van der Waals surface area contributed by atoms with Gasteiger partial charge in [0.1, 0.15) is 0 Å². The molecule has 0 aromatic heterocycles. The van der Waals surface area contributed by atoms with Crippen LogP contribution in [-0.4, -0.2) is 63.7 Å². The Hall–Kier alpha value is -2.44. The van der Waals surface area contributed by atoms with Crippen molar-refractivity contribution in [3.8, 4) is 11.5 Å². The number of nitrogens with zero attached hydrogens (tertiary/aromatic N) is 2. The molecule has 0 bridgehead atoms. The van der Waals surface area contributed by atoms with Crippen LogP contribution in [0, 0.1) is 5.92 Å². The van der Waals surface area contributed by atoms with Gasteiger partial charge >= 0.3 is 0 Å². The van der Waals surface area contributed by atoms with E-state index in [0.717, 1.165) is 69.2 Å². The quantitative estimate of drug-likeness (QED) is 0.377. The molecule has 1 atom stereocenters. The van der Waals surface area contributed by atoms with Gasteiger partial charge in [-0.3, -0.25) is 9.79 Å². The lowest BCUT2D eigenvalue weighted by molar-refractivity contribution is -0.135. The van der Waals surface area contributed by atoms with Crippen molar-refractivity contribution in [2.75, 3.05) is 40.9 Å². The Kier molecular flexibility index (Phi) is 8.85. The molecule has 1 heterocycles. The summed E-state index contributed by atoms with van der Waals surface area (Å²) in [6, 6.07) is 6.32. The van der Waals surface area contributed by atoms with Gasteiger partial charge in [-0.05, 0) is 49.8 Å². The number of ether oxygens (including phenoxy) is 2. The van der Waals surface area contributed by atoms with Gasteiger partial charge in [-0.2, -0.15) is 0 Å². The lowest BCUT2D eigenvalue weighted by Crippen LogP contribution is -2.45. The minimum absolute atomic E-state index is 0.251. The number of rotatable bonds is 8. The van der Waals surface area contributed by atoms with E-state index in [4.69, 9.17) is 9.47 Å².